The fourth-order valence-corrected chi connectivity index (χ4v) is 3.99. The highest BCUT2D eigenvalue weighted by Crippen LogP contribution is 2.23. The summed E-state index contributed by atoms with van der Waals surface area (Å²) in [6.45, 7) is 0. The molecule has 29 heavy (non-hydrogen) atoms. The Bertz CT molecular complexity index is 1090. The average Bonchev–Trinajstić information content (AvgIpc) is 2.73. The topological polar surface area (TPSA) is 92.7 Å². The van der Waals surface area contributed by atoms with Crippen LogP contribution in [0.4, 0.5) is 5.69 Å². The lowest BCUT2D eigenvalue weighted by Crippen LogP contribution is -2.14. The summed E-state index contributed by atoms with van der Waals surface area (Å²) >= 11 is 0. The van der Waals surface area contributed by atoms with Crippen molar-refractivity contribution in [2.75, 3.05) is 11.8 Å². The molecule has 0 aromatic heterocycles. The molecule has 0 aliphatic carbocycles. The SMILES string of the molecule is COc1ccc(S(=O)(=O)Nc2ccccc2CCc2ccc(C(=O)O)cc2)cc1. The second kappa shape index (κ2) is 8.79. The van der Waals surface area contributed by atoms with E-state index in [4.69, 9.17) is 9.84 Å². The quantitative estimate of drug-likeness (QED) is 0.585. The number of hydrogen-bond acceptors (Lipinski definition) is 4. The molecular formula is C22H21NO5S. The maximum atomic E-state index is 12.7. The number of hydrogen-bond donors (Lipinski definition) is 2. The van der Waals surface area contributed by atoms with Crippen LogP contribution in [0.2, 0.25) is 0 Å². The second-order valence-corrected chi connectivity index (χ2v) is 8.12. The maximum Gasteiger partial charge on any atom is 0.335 e. The predicted octanol–water partition coefficient (Wildman–Crippen LogP) is 3.98. The van der Waals surface area contributed by atoms with Gasteiger partial charge in [0.1, 0.15) is 5.75 Å². The number of para-hydroxylation sites is 1. The van der Waals surface area contributed by atoms with Gasteiger partial charge in [0.05, 0.1) is 23.3 Å². The number of nitrogens with one attached hydrogen (secondary N) is 1. The van der Waals surface area contributed by atoms with Crippen molar-refractivity contribution in [3.05, 3.63) is 89.5 Å². The van der Waals surface area contributed by atoms with E-state index in [1.165, 1.54) is 19.2 Å². The zero-order chi connectivity index (χ0) is 20.9. The lowest BCUT2D eigenvalue weighted by molar-refractivity contribution is 0.0697. The van der Waals surface area contributed by atoms with Crippen molar-refractivity contribution >= 4 is 21.7 Å². The van der Waals surface area contributed by atoms with Crippen LogP contribution in [0.15, 0.2) is 77.7 Å². The Balaban J connectivity index is 1.75. The van der Waals surface area contributed by atoms with Crippen LogP contribution >= 0.6 is 0 Å². The molecule has 0 saturated carbocycles. The molecule has 3 aromatic rings. The van der Waals surface area contributed by atoms with Gasteiger partial charge in [0, 0.05) is 0 Å². The first-order valence-electron chi connectivity index (χ1n) is 8.96. The number of sulfonamides is 1. The van der Waals surface area contributed by atoms with Crippen LogP contribution in [0.3, 0.4) is 0 Å². The van der Waals surface area contributed by atoms with Gasteiger partial charge >= 0.3 is 5.97 Å². The molecule has 7 heteroatoms. The smallest absolute Gasteiger partial charge is 0.335 e. The summed E-state index contributed by atoms with van der Waals surface area (Å²) in [4.78, 5) is 11.1. The van der Waals surface area contributed by atoms with E-state index in [0.717, 1.165) is 11.1 Å². The van der Waals surface area contributed by atoms with Crippen molar-refractivity contribution in [3.63, 3.8) is 0 Å². The van der Waals surface area contributed by atoms with Crippen LogP contribution in [0.1, 0.15) is 21.5 Å². The van der Waals surface area contributed by atoms with Gasteiger partial charge in [0.15, 0.2) is 0 Å². The number of rotatable bonds is 8. The third kappa shape index (κ3) is 5.14. The van der Waals surface area contributed by atoms with Gasteiger partial charge in [-0.15, -0.1) is 0 Å². The number of benzene rings is 3. The van der Waals surface area contributed by atoms with Crippen molar-refractivity contribution in [2.45, 2.75) is 17.7 Å². The molecule has 2 N–H and O–H groups in total. The normalized spacial score (nSPS) is 11.1. The van der Waals surface area contributed by atoms with Crippen LogP contribution in [0, 0.1) is 0 Å². The molecule has 3 aromatic carbocycles. The average molecular weight is 411 g/mol. The number of carboxylic acids is 1. The molecule has 150 valence electrons. The van der Waals surface area contributed by atoms with Gasteiger partial charge in [-0.3, -0.25) is 4.72 Å². The first-order chi connectivity index (χ1) is 13.9. The summed E-state index contributed by atoms with van der Waals surface area (Å²) in [5.74, 6) is -0.381. The summed E-state index contributed by atoms with van der Waals surface area (Å²) in [7, 11) is -2.21. The number of aromatic carboxylic acids is 1. The molecule has 0 amide bonds. The molecule has 0 spiro atoms. The van der Waals surface area contributed by atoms with Crippen LogP contribution in [-0.4, -0.2) is 26.6 Å². The monoisotopic (exact) mass is 411 g/mol. The molecule has 0 saturated heterocycles. The summed E-state index contributed by atoms with van der Waals surface area (Å²) in [5.41, 5.74) is 2.58. The Morgan fingerprint density at radius 2 is 1.59 bits per heavy atom. The van der Waals surface area contributed by atoms with E-state index in [2.05, 4.69) is 4.72 Å². The second-order valence-electron chi connectivity index (χ2n) is 6.44. The van der Waals surface area contributed by atoms with Crippen LogP contribution in [0.5, 0.6) is 5.75 Å². The molecular weight excluding hydrogens is 390 g/mol. The Kier molecular flexibility index (Phi) is 6.19. The highest BCUT2D eigenvalue weighted by molar-refractivity contribution is 7.92. The van der Waals surface area contributed by atoms with Crippen molar-refractivity contribution in [2.24, 2.45) is 0 Å². The van der Waals surface area contributed by atoms with Gasteiger partial charge in [-0.05, 0) is 66.4 Å². The van der Waals surface area contributed by atoms with E-state index in [1.807, 2.05) is 12.1 Å². The maximum absolute atomic E-state index is 12.7. The molecule has 0 fully saturated rings. The lowest BCUT2D eigenvalue weighted by Gasteiger charge is -2.13. The first kappa shape index (κ1) is 20.4. The molecule has 0 atom stereocenters. The van der Waals surface area contributed by atoms with Gasteiger partial charge in [-0.2, -0.15) is 0 Å². The van der Waals surface area contributed by atoms with Crippen LogP contribution < -0.4 is 9.46 Å². The zero-order valence-corrected chi connectivity index (χ0v) is 16.6. The van der Waals surface area contributed by atoms with E-state index in [9.17, 15) is 13.2 Å². The van der Waals surface area contributed by atoms with Crippen molar-refractivity contribution in [3.8, 4) is 5.75 Å². The van der Waals surface area contributed by atoms with Crippen LogP contribution in [-0.2, 0) is 22.9 Å². The van der Waals surface area contributed by atoms with E-state index in [-0.39, 0.29) is 10.5 Å². The standard InChI is InChI=1S/C22H21NO5S/c1-28-19-12-14-20(15-13-19)29(26,27)23-21-5-3-2-4-17(21)9-6-16-7-10-18(11-8-16)22(24)25/h2-5,7-8,10-15,23H,6,9H2,1H3,(H,24,25). The van der Waals surface area contributed by atoms with E-state index < -0.39 is 16.0 Å². The van der Waals surface area contributed by atoms with E-state index >= 15 is 0 Å². The molecule has 6 nitrogen and oxygen atoms in total. The third-order valence-electron chi connectivity index (χ3n) is 4.52. The Morgan fingerprint density at radius 1 is 0.931 bits per heavy atom. The largest absolute Gasteiger partial charge is 0.497 e. The highest BCUT2D eigenvalue weighted by atomic mass is 32.2. The number of anilines is 1. The van der Waals surface area contributed by atoms with Crippen molar-refractivity contribution in [1.82, 2.24) is 0 Å². The van der Waals surface area contributed by atoms with Crippen LogP contribution in [0.25, 0.3) is 0 Å². The number of carboxylic acid groups (broad SMARTS) is 1. The van der Waals surface area contributed by atoms with Gasteiger partial charge in [-0.25, -0.2) is 13.2 Å². The number of ether oxygens (including phenoxy) is 1. The third-order valence-corrected chi connectivity index (χ3v) is 5.90. The Labute approximate surface area is 169 Å². The fraction of sp³-hybridized carbons (Fsp3) is 0.136. The first-order valence-corrected chi connectivity index (χ1v) is 10.4. The van der Waals surface area contributed by atoms with Crippen molar-refractivity contribution < 1.29 is 23.1 Å². The molecule has 0 bridgehead atoms. The zero-order valence-electron chi connectivity index (χ0n) is 15.8. The molecule has 3 rings (SSSR count). The Hall–Kier alpha value is -3.32. The molecule has 0 aliphatic rings. The van der Waals surface area contributed by atoms with Gasteiger partial charge in [0.25, 0.3) is 10.0 Å². The highest BCUT2D eigenvalue weighted by Gasteiger charge is 2.16. The number of carbonyl (C=O) groups is 1. The van der Waals surface area contributed by atoms with Gasteiger partial charge < -0.3 is 9.84 Å². The van der Waals surface area contributed by atoms with E-state index in [1.54, 1.807) is 48.5 Å². The summed E-state index contributed by atoms with van der Waals surface area (Å²) in [5, 5.41) is 8.98. The molecule has 0 aliphatic heterocycles. The molecule has 0 unspecified atom stereocenters. The minimum Gasteiger partial charge on any atom is -0.497 e. The fourth-order valence-electron chi connectivity index (χ4n) is 2.89. The minimum atomic E-state index is -3.73. The Morgan fingerprint density at radius 3 is 2.21 bits per heavy atom. The summed E-state index contributed by atoms with van der Waals surface area (Å²) in [6, 6.07) is 20.1. The summed E-state index contributed by atoms with van der Waals surface area (Å²) in [6.07, 6.45) is 1.26. The van der Waals surface area contributed by atoms with E-state index in [0.29, 0.717) is 24.3 Å². The minimum absolute atomic E-state index is 0.150. The number of aryl methyl sites for hydroxylation is 2. The lowest BCUT2D eigenvalue weighted by atomic mass is 10.0. The molecule has 0 radical (unpaired) electrons. The number of methoxy groups -OCH3 is 1. The van der Waals surface area contributed by atoms with Gasteiger partial charge in [-0.1, -0.05) is 30.3 Å². The molecule has 0 heterocycles. The predicted molar refractivity (Wildman–Crippen MR) is 111 cm³/mol. The van der Waals surface area contributed by atoms with Gasteiger partial charge in [0.2, 0.25) is 0 Å². The van der Waals surface area contributed by atoms with Crippen molar-refractivity contribution in [1.29, 1.82) is 0 Å². The summed E-state index contributed by atoms with van der Waals surface area (Å²) < 4.78 is 33.2.